The molecular formula is C17H14FNO3S. The minimum Gasteiger partial charge on any atom is -0.461 e. The summed E-state index contributed by atoms with van der Waals surface area (Å²) < 4.78 is 18.6. The van der Waals surface area contributed by atoms with Gasteiger partial charge in [-0.2, -0.15) is 5.26 Å². The number of benzene rings is 1. The quantitative estimate of drug-likeness (QED) is 0.597. The highest BCUT2D eigenvalue weighted by Crippen LogP contribution is 2.18. The van der Waals surface area contributed by atoms with E-state index in [1.54, 1.807) is 6.07 Å². The number of thiophene rings is 1. The number of nitrogens with zero attached hydrogens (tertiary/aromatic N) is 1. The fourth-order valence-corrected chi connectivity index (χ4v) is 2.72. The maximum absolute atomic E-state index is 13.6. The number of ketones is 1. The summed E-state index contributed by atoms with van der Waals surface area (Å²) >= 11 is 1.39. The maximum Gasteiger partial charge on any atom is 0.306 e. The first-order valence-corrected chi connectivity index (χ1v) is 7.75. The lowest BCUT2D eigenvalue weighted by atomic mass is 10.1. The van der Waals surface area contributed by atoms with E-state index in [9.17, 15) is 14.0 Å². The van der Waals surface area contributed by atoms with Gasteiger partial charge < -0.3 is 4.74 Å². The van der Waals surface area contributed by atoms with Crippen LogP contribution in [-0.4, -0.2) is 11.8 Å². The SMILES string of the molecule is Cc1ccc(C(=O)CCC(=O)OCc2ccc(C#N)cc2F)s1. The van der Waals surface area contributed by atoms with E-state index in [0.717, 1.165) is 10.9 Å². The van der Waals surface area contributed by atoms with Crippen molar-refractivity contribution in [3.63, 3.8) is 0 Å². The average molecular weight is 331 g/mol. The number of halogens is 1. The first-order valence-electron chi connectivity index (χ1n) is 6.93. The molecule has 0 aliphatic heterocycles. The summed E-state index contributed by atoms with van der Waals surface area (Å²) in [4.78, 5) is 25.2. The van der Waals surface area contributed by atoms with Crippen LogP contribution in [0, 0.1) is 24.1 Å². The topological polar surface area (TPSA) is 67.2 Å². The normalized spacial score (nSPS) is 10.1. The molecule has 0 fully saturated rings. The van der Waals surface area contributed by atoms with Gasteiger partial charge in [-0.1, -0.05) is 6.07 Å². The Bertz CT molecular complexity index is 776. The van der Waals surface area contributed by atoms with Crippen molar-refractivity contribution in [3.05, 3.63) is 57.0 Å². The van der Waals surface area contributed by atoms with Crippen molar-refractivity contribution in [2.24, 2.45) is 0 Å². The molecule has 4 nitrogen and oxygen atoms in total. The van der Waals surface area contributed by atoms with E-state index in [1.165, 1.54) is 23.5 Å². The molecule has 0 atom stereocenters. The van der Waals surface area contributed by atoms with Gasteiger partial charge in [0, 0.05) is 16.9 Å². The molecule has 1 aromatic heterocycles. The van der Waals surface area contributed by atoms with E-state index in [2.05, 4.69) is 0 Å². The van der Waals surface area contributed by atoms with Gasteiger partial charge in [-0.25, -0.2) is 4.39 Å². The number of ether oxygens (including phenoxy) is 1. The van der Waals surface area contributed by atoms with Gasteiger partial charge in [-0.05, 0) is 31.2 Å². The summed E-state index contributed by atoms with van der Waals surface area (Å²) in [6, 6.07) is 9.36. The highest BCUT2D eigenvalue weighted by atomic mass is 32.1. The monoisotopic (exact) mass is 331 g/mol. The van der Waals surface area contributed by atoms with Crippen molar-refractivity contribution < 1.29 is 18.7 Å². The summed E-state index contributed by atoms with van der Waals surface area (Å²) in [5.41, 5.74) is 0.395. The van der Waals surface area contributed by atoms with E-state index in [4.69, 9.17) is 10.00 Å². The predicted molar refractivity (Wildman–Crippen MR) is 83.5 cm³/mol. The molecule has 1 heterocycles. The summed E-state index contributed by atoms with van der Waals surface area (Å²) in [5.74, 6) is -1.26. The second-order valence-electron chi connectivity index (χ2n) is 4.91. The molecule has 0 saturated carbocycles. The molecule has 0 N–H and O–H groups in total. The molecule has 23 heavy (non-hydrogen) atoms. The molecule has 118 valence electrons. The van der Waals surface area contributed by atoms with E-state index < -0.39 is 11.8 Å². The van der Waals surface area contributed by atoms with Crippen LogP contribution in [0.2, 0.25) is 0 Å². The van der Waals surface area contributed by atoms with Crippen LogP contribution in [0.25, 0.3) is 0 Å². The third kappa shape index (κ3) is 4.73. The molecule has 6 heteroatoms. The Labute approximate surface area is 137 Å². The number of rotatable bonds is 6. The van der Waals surface area contributed by atoms with Crippen LogP contribution in [0.15, 0.2) is 30.3 Å². The Kier molecular flexibility index (Phi) is 5.61. The molecule has 0 aliphatic carbocycles. The van der Waals surface area contributed by atoms with Crippen LogP contribution in [0.3, 0.4) is 0 Å². The van der Waals surface area contributed by atoms with Gasteiger partial charge in [0.25, 0.3) is 0 Å². The smallest absolute Gasteiger partial charge is 0.306 e. The number of aryl methyl sites for hydroxylation is 1. The Morgan fingerprint density at radius 3 is 2.65 bits per heavy atom. The molecule has 0 saturated heterocycles. The fourth-order valence-electron chi connectivity index (χ4n) is 1.89. The van der Waals surface area contributed by atoms with Crippen molar-refractivity contribution in [2.45, 2.75) is 26.4 Å². The van der Waals surface area contributed by atoms with Crippen LogP contribution in [0.5, 0.6) is 0 Å². The lowest BCUT2D eigenvalue weighted by molar-refractivity contribution is -0.144. The largest absolute Gasteiger partial charge is 0.461 e. The van der Waals surface area contributed by atoms with E-state index in [0.29, 0.717) is 4.88 Å². The van der Waals surface area contributed by atoms with Crippen molar-refractivity contribution in [1.82, 2.24) is 0 Å². The lowest BCUT2D eigenvalue weighted by Crippen LogP contribution is -2.08. The van der Waals surface area contributed by atoms with Crippen molar-refractivity contribution >= 4 is 23.1 Å². The lowest BCUT2D eigenvalue weighted by Gasteiger charge is -2.06. The van der Waals surface area contributed by atoms with Crippen molar-refractivity contribution in [1.29, 1.82) is 5.26 Å². The van der Waals surface area contributed by atoms with E-state index >= 15 is 0 Å². The molecular weight excluding hydrogens is 317 g/mol. The second kappa shape index (κ2) is 7.65. The summed E-state index contributed by atoms with van der Waals surface area (Å²) in [5, 5.41) is 8.66. The molecule has 2 rings (SSSR count). The number of esters is 1. The number of nitriles is 1. The molecule has 2 aromatic rings. The van der Waals surface area contributed by atoms with Gasteiger partial charge in [-0.15, -0.1) is 11.3 Å². The van der Waals surface area contributed by atoms with Crippen molar-refractivity contribution in [3.8, 4) is 6.07 Å². The van der Waals surface area contributed by atoms with Crippen LogP contribution in [0.1, 0.15) is 38.5 Å². The second-order valence-corrected chi connectivity index (χ2v) is 6.20. The minimum absolute atomic E-state index is 0.0479. The van der Waals surface area contributed by atoms with Crippen molar-refractivity contribution in [2.75, 3.05) is 0 Å². The first-order chi connectivity index (χ1) is 11.0. The Morgan fingerprint density at radius 1 is 1.26 bits per heavy atom. The van der Waals surface area contributed by atoms with Gasteiger partial charge in [0.15, 0.2) is 5.78 Å². The number of Topliss-reactive ketones (excluding diaryl/α,β-unsaturated/α-hetero) is 1. The fraction of sp³-hybridized carbons (Fsp3) is 0.235. The number of hydrogen-bond acceptors (Lipinski definition) is 5. The molecule has 0 radical (unpaired) electrons. The predicted octanol–water partition coefficient (Wildman–Crippen LogP) is 3.77. The number of hydrogen-bond donors (Lipinski definition) is 0. The van der Waals surface area contributed by atoms with Crippen LogP contribution < -0.4 is 0 Å². The zero-order valence-electron chi connectivity index (χ0n) is 12.5. The Morgan fingerprint density at radius 2 is 2.04 bits per heavy atom. The first kappa shape index (κ1) is 16.8. The summed E-state index contributed by atoms with van der Waals surface area (Å²) in [7, 11) is 0. The van der Waals surface area contributed by atoms with E-state index in [-0.39, 0.29) is 36.4 Å². The summed E-state index contributed by atoms with van der Waals surface area (Å²) in [6.07, 6.45) is 0.0162. The highest BCUT2D eigenvalue weighted by Gasteiger charge is 2.13. The number of carbonyl (C=O) groups is 2. The molecule has 0 bridgehead atoms. The zero-order chi connectivity index (χ0) is 16.8. The Balaban J connectivity index is 1.81. The molecule has 1 aromatic carbocycles. The minimum atomic E-state index is -0.595. The molecule has 0 aliphatic rings. The van der Waals surface area contributed by atoms with Gasteiger partial charge in [0.1, 0.15) is 12.4 Å². The highest BCUT2D eigenvalue weighted by molar-refractivity contribution is 7.14. The van der Waals surface area contributed by atoms with Crippen LogP contribution >= 0.6 is 11.3 Å². The molecule has 0 spiro atoms. The van der Waals surface area contributed by atoms with E-state index in [1.807, 2.05) is 19.1 Å². The molecule has 0 amide bonds. The summed E-state index contributed by atoms with van der Waals surface area (Å²) in [6.45, 7) is 1.69. The van der Waals surface area contributed by atoms with Gasteiger partial charge in [-0.3, -0.25) is 9.59 Å². The zero-order valence-corrected chi connectivity index (χ0v) is 13.3. The standard InChI is InChI=1S/C17H14FNO3S/c1-11-2-6-16(23-11)15(20)5-7-17(21)22-10-13-4-3-12(9-19)8-14(13)18/h2-4,6,8H,5,7,10H2,1H3. The van der Waals surface area contributed by atoms with Gasteiger partial charge in [0.05, 0.1) is 22.9 Å². The number of carbonyl (C=O) groups excluding carboxylic acids is 2. The average Bonchev–Trinajstić information content (AvgIpc) is 2.97. The third-order valence-corrected chi connectivity index (χ3v) is 4.18. The third-order valence-electron chi connectivity index (χ3n) is 3.14. The molecule has 0 unspecified atom stereocenters. The maximum atomic E-state index is 13.6. The van der Waals surface area contributed by atoms with Crippen LogP contribution in [-0.2, 0) is 16.1 Å². The Hall–Kier alpha value is -2.52. The van der Waals surface area contributed by atoms with Gasteiger partial charge >= 0.3 is 5.97 Å². The van der Waals surface area contributed by atoms with Crippen LogP contribution in [0.4, 0.5) is 4.39 Å². The van der Waals surface area contributed by atoms with Gasteiger partial charge in [0.2, 0.25) is 0 Å².